The Labute approximate surface area is 103 Å². The van der Waals surface area contributed by atoms with Crippen LogP contribution >= 0.6 is 0 Å². The number of fused-ring (bicyclic) bond motifs is 4. The first-order valence-corrected chi connectivity index (χ1v) is 6.88. The molecule has 0 aromatic carbocycles. The molecular weight excluding hydrogens is 216 g/mol. The average Bonchev–Trinajstić information content (AvgIpc) is 2.32. The predicted octanol–water partition coefficient (Wildman–Crippen LogP) is 1.71. The van der Waals surface area contributed by atoms with E-state index in [0.29, 0.717) is 23.7 Å². The van der Waals surface area contributed by atoms with Gasteiger partial charge in [0.1, 0.15) is 5.60 Å². The van der Waals surface area contributed by atoms with E-state index in [1.807, 2.05) is 0 Å². The SMILES string of the molecule is CC1(C)C[C@@H]2[C@@H]3CC[C@@H](O)[C@](C)(O)[C@H](C[C@H]21)O3. The highest BCUT2D eigenvalue weighted by atomic mass is 16.5. The van der Waals surface area contributed by atoms with Gasteiger partial charge in [-0.1, -0.05) is 13.8 Å². The summed E-state index contributed by atoms with van der Waals surface area (Å²) in [6.45, 7) is 6.37. The maximum Gasteiger partial charge on any atom is 0.114 e. The molecule has 1 saturated carbocycles. The van der Waals surface area contributed by atoms with Crippen LogP contribution in [0.1, 0.15) is 46.5 Å². The van der Waals surface area contributed by atoms with Gasteiger partial charge in [0.25, 0.3) is 0 Å². The van der Waals surface area contributed by atoms with Crippen molar-refractivity contribution in [3.05, 3.63) is 0 Å². The first-order valence-electron chi connectivity index (χ1n) is 6.88. The Morgan fingerprint density at radius 1 is 1.18 bits per heavy atom. The highest BCUT2D eigenvalue weighted by molar-refractivity contribution is 5.08. The molecule has 2 heterocycles. The Hall–Kier alpha value is -0.120. The standard InChI is InChI=1S/C14H24O3/c1-13(2)7-8-9(13)6-12-14(3,16)11(15)5-4-10(8)17-12/h8-12,15-16H,4-7H2,1-3H3/t8-,9+,10-,11+,12-,14-/m0/s1. The third-order valence-electron chi connectivity index (χ3n) is 5.62. The zero-order valence-corrected chi connectivity index (χ0v) is 11.0. The van der Waals surface area contributed by atoms with Crippen LogP contribution in [0, 0.1) is 17.3 Å². The van der Waals surface area contributed by atoms with E-state index in [2.05, 4.69) is 13.8 Å². The van der Waals surface area contributed by atoms with Gasteiger partial charge in [-0.15, -0.1) is 0 Å². The second-order valence-electron chi connectivity index (χ2n) is 7.18. The molecule has 0 amide bonds. The molecule has 0 aromatic rings. The molecule has 3 fully saturated rings. The summed E-state index contributed by atoms with van der Waals surface area (Å²) in [5.74, 6) is 1.31. The van der Waals surface area contributed by atoms with E-state index in [0.717, 1.165) is 12.8 Å². The summed E-state index contributed by atoms with van der Waals surface area (Å²) in [5.41, 5.74) is -0.693. The van der Waals surface area contributed by atoms with Gasteiger partial charge in [-0.3, -0.25) is 0 Å². The third kappa shape index (κ3) is 1.59. The Morgan fingerprint density at radius 3 is 2.53 bits per heavy atom. The lowest BCUT2D eigenvalue weighted by Crippen LogP contribution is -2.60. The van der Waals surface area contributed by atoms with Crippen molar-refractivity contribution in [2.45, 2.75) is 70.4 Å². The molecule has 0 unspecified atom stereocenters. The summed E-state index contributed by atoms with van der Waals surface area (Å²) in [7, 11) is 0. The molecule has 0 aromatic heterocycles. The Balaban J connectivity index is 1.88. The zero-order valence-electron chi connectivity index (χ0n) is 11.0. The van der Waals surface area contributed by atoms with E-state index in [1.165, 1.54) is 6.42 Å². The molecule has 2 aliphatic heterocycles. The first-order chi connectivity index (χ1) is 7.82. The Kier molecular flexibility index (Phi) is 2.43. The summed E-state index contributed by atoms with van der Waals surface area (Å²) in [6, 6.07) is 0. The van der Waals surface area contributed by atoms with E-state index in [1.54, 1.807) is 6.92 Å². The predicted molar refractivity (Wildman–Crippen MR) is 64.5 cm³/mol. The molecule has 2 bridgehead atoms. The molecule has 1 aliphatic carbocycles. The number of aliphatic hydroxyl groups excluding tert-OH is 1. The van der Waals surface area contributed by atoms with Gasteiger partial charge in [0.05, 0.1) is 18.3 Å². The van der Waals surface area contributed by atoms with Crippen molar-refractivity contribution in [1.29, 1.82) is 0 Å². The Morgan fingerprint density at radius 2 is 1.88 bits per heavy atom. The van der Waals surface area contributed by atoms with Crippen LogP contribution in [0.2, 0.25) is 0 Å². The van der Waals surface area contributed by atoms with Crippen molar-refractivity contribution in [2.24, 2.45) is 17.3 Å². The normalized spacial score (nSPS) is 56.6. The molecule has 2 N–H and O–H groups in total. The number of aliphatic hydroxyl groups is 2. The average molecular weight is 240 g/mol. The lowest BCUT2D eigenvalue weighted by molar-refractivity contribution is -0.236. The van der Waals surface area contributed by atoms with Crippen molar-refractivity contribution in [3.63, 3.8) is 0 Å². The third-order valence-corrected chi connectivity index (χ3v) is 5.62. The Bertz CT molecular complexity index is 323. The van der Waals surface area contributed by atoms with Gasteiger partial charge in [-0.05, 0) is 49.9 Å². The van der Waals surface area contributed by atoms with E-state index in [9.17, 15) is 10.2 Å². The largest absolute Gasteiger partial charge is 0.390 e. The molecule has 3 aliphatic rings. The lowest BCUT2D eigenvalue weighted by atomic mass is 9.51. The quantitative estimate of drug-likeness (QED) is 0.677. The summed E-state index contributed by atoms with van der Waals surface area (Å²) in [4.78, 5) is 0. The van der Waals surface area contributed by atoms with Crippen LogP contribution in [0.25, 0.3) is 0 Å². The van der Waals surface area contributed by atoms with Crippen LogP contribution < -0.4 is 0 Å². The molecule has 3 rings (SSSR count). The van der Waals surface area contributed by atoms with Crippen LogP contribution in [0.3, 0.4) is 0 Å². The van der Waals surface area contributed by atoms with Crippen LogP contribution in [0.5, 0.6) is 0 Å². The minimum atomic E-state index is -1.08. The summed E-state index contributed by atoms with van der Waals surface area (Å²) < 4.78 is 6.05. The maximum absolute atomic E-state index is 10.5. The molecule has 98 valence electrons. The maximum atomic E-state index is 10.5. The monoisotopic (exact) mass is 240 g/mol. The molecule has 0 radical (unpaired) electrons. The highest BCUT2D eigenvalue weighted by Gasteiger charge is 2.58. The van der Waals surface area contributed by atoms with Crippen LogP contribution in [-0.2, 0) is 4.74 Å². The van der Waals surface area contributed by atoms with Crippen molar-refractivity contribution in [1.82, 2.24) is 0 Å². The lowest BCUT2D eigenvalue weighted by Gasteiger charge is -2.59. The molecular formula is C14H24O3. The van der Waals surface area contributed by atoms with Crippen molar-refractivity contribution in [3.8, 4) is 0 Å². The number of hydrogen-bond donors (Lipinski definition) is 2. The number of ether oxygens (including phenoxy) is 1. The molecule has 0 spiro atoms. The van der Waals surface area contributed by atoms with E-state index < -0.39 is 11.7 Å². The van der Waals surface area contributed by atoms with Gasteiger partial charge in [-0.2, -0.15) is 0 Å². The minimum absolute atomic E-state index is 0.189. The second-order valence-corrected chi connectivity index (χ2v) is 7.18. The fraction of sp³-hybridized carbons (Fsp3) is 1.00. The van der Waals surface area contributed by atoms with E-state index in [4.69, 9.17) is 4.74 Å². The van der Waals surface area contributed by atoms with Crippen molar-refractivity contribution >= 4 is 0 Å². The summed E-state index contributed by atoms with van der Waals surface area (Å²) >= 11 is 0. The second kappa shape index (κ2) is 3.46. The van der Waals surface area contributed by atoms with Gasteiger partial charge in [-0.25, -0.2) is 0 Å². The summed E-state index contributed by atoms with van der Waals surface area (Å²) in [6.07, 6.45) is 3.12. The van der Waals surface area contributed by atoms with Crippen LogP contribution in [0.15, 0.2) is 0 Å². The summed E-state index contributed by atoms with van der Waals surface area (Å²) in [5, 5.41) is 20.5. The zero-order chi connectivity index (χ0) is 12.4. The molecule has 6 atom stereocenters. The first kappa shape index (κ1) is 11.9. The fourth-order valence-electron chi connectivity index (χ4n) is 4.29. The number of hydrogen-bond acceptors (Lipinski definition) is 3. The fourth-order valence-corrected chi connectivity index (χ4v) is 4.29. The number of rotatable bonds is 0. The van der Waals surface area contributed by atoms with Gasteiger partial charge in [0, 0.05) is 0 Å². The van der Waals surface area contributed by atoms with E-state index in [-0.39, 0.29) is 12.2 Å². The van der Waals surface area contributed by atoms with Crippen LogP contribution in [-0.4, -0.2) is 34.1 Å². The van der Waals surface area contributed by atoms with Crippen molar-refractivity contribution < 1.29 is 14.9 Å². The molecule has 3 nitrogen and oxygen atoms in total. The highest BCUT2D eigenvalue weighted by Crippen LogP contribution is 2.59. The smallest absolute Gasteiger partial charge is 0.114 e. The topological polar surface area (TPSA) is 49.7 Å². The van der Waals surface area contributed by atoms with Crippen LogP contribution in [0.4, 0.5) is 0 Å². The van der Waals surface area contributed by atoms with Gasteiger partial charge in [0.2, 0.25) is 0 Å². The minimum Gasteiger partial charge on any atom is -0.390 e. The van der Waals surface area contributed by atoms with Crippen molar-refractivity contribution in [2.75, 3.05) is 0 Å². The van der Waals surface area contributed by atoms with Gasteiger partial charge < -0.3 is 14.9 Å². The van der Waals surface area contributed by atoms with E-state index >= 15 is 0 Å². The molecule has 3 heteroatoms. The van der Waals surface area contributed by atoms with Gasteiger partial charge >= 0.3 is 0 Å². The van der Waals surface area contributed by atoms with Gasteiger partial charge in [0.15, 0.2) is 0 Å². The molecule has 17 heavy (non-hydrogen) atoms. The molecule has 2 saturated heterocycles.